The predicted molar refractivity (Wildman–Crippen MR) is 101 cm³/mol. The fourth-order valence-corrected chi connectivity index (χ4v) is 3.34. The van der Waals surface area contributed by atoms with Crippen molar-refractivity contribution in [2.75, 3.05) is 20.2 Å². The van der Waals surface area contributed by atoms with Crippen LogP contribution in [0.4, 0.5) is 0 Å². The summed E-state index contributed by atoms with van der Waals surface area (Å²) in [7, 11) is 1.71. The summed E-state index contributed by atoms with van der Waals surface area (Å²) in [6.07, 6.45) is 1.79. The molecule has 0 saturated carbocycles. The van der Waals surface area contributed by atoms with Crippen LogP contribution in [0.3, 0.4) is 0 Å². The molecule has 0 spiro atoms. The van der Waals surface area contributed by atoms with Gasteiger partial charge in [0.15, 0.2) is 0 Å². The molecule has 1 heterocycles. The van der Waals surface area contributed by atoms with E-state index in [0.717, 1.165) is 18.4 Å². The largest absolute Gasteiger partial charge is 0.489 e. The second-order valence-corrected chi connectivity index (χ2v) is 6.57. The average Bonchev–Trinajstić information content (AvgIpc) is 2.72. The van der Waals surface area contributed by atoms with E-state index in [1.165, 1.54) is 0 Å². The summed E-state index contributed by atoms with van der Waals surface area (Å²) < 4.78 is 11.3. The van der Waals surface area contributed by atoms with Crippen LogP contribution in [0.2, 0.25) is 0 Å². The number of piperidine rings is 1. The molecule has 1 fully saturated rings. The fourth-order valence-electron chi connectivity index (χ4n) is 3.34. The number of nitrogens with two attached hydrogens (primary N) is 1. The number of hydrogen-bond acceptors (Lipinski definition) is 4. The molecule has 0 radical (unpaired) electrons. The number of rotatable bonds is 6. The van der Waals surface area contributed by atoms with Crippen LogP contribution in [0.1, 0.15) is 28.8 Å². The molecule has 1 amide bonds. The number of hydrogen-bond donors (Lipinski definition) is 1. The third-order valence-corrected chi connectivity index (χ3v) is 4.86. The van der Waals surface area contributed by atoms with E-state index in [1.807, 2.05) is 53.4 Å². The Hall–Kier alpha value is -2.37. The maximum absolute atomic E-state index is 13.0. The first-order valence-electron chi connectivity index (χ1n) is 9.02. The summed E-state index contributed by atoms with van der Waals surface area (Å²) >= 11 is 0. The zero-order valence-electron chi connectivity index (χ0n) is 15.1. The molecule has 1 saturated heterocycles. The molecular weight excluding hydrogens is 328 g/mol. The highest BCUT2D eigenvalue weighted by atomic mass is 16.5. The second-order valence-electron chi connectivity index (χ2n) is 6.57. The van der Waals surface area contributed by atoms with E-state index in [2.05, 4.69) is 0 Å². The van der Waals surface area contributed by atoms with E-state index in [1.54, 1.807) is 13.2 Å². The molecule has 2 aromatic rings. The molecule has 5 nitrogen and oxygen atoms in total. The van der Waals surface area contributed by atoms with Crippen LogP contribution >= 0.6 is 0 Å². The van der Waals surface area contributed by atoms with Gasteiger partial charge in [0.1, 0.15) is 12.4 Å². The molecule has 2 unspecified atom stereocenters. The van der Waals surface area contributed by atoms with Gasteiger partial charge in [-0.25, -0.2) is 0 Å². The smallest absolute Gasteiger partial charge is 0.254 e. The van der Waals surface area contributed by atoms with Gasteiger partial charge in [-0.3, -0.25) is 4.79 Å². The van der Waals surface area contributed by atoms with Gasteiger partial charge in [0.2, 0.25) is 0 Å². The van der Waals surface area contributed by atoms with Crippen molar-refractivity contribution in [2.24, 2.45) is 5.73 Å². The van der Waals surface area contributed by atoms with Gasteiger partial charge in [0.05, 0.1) is 6.10 Å². The van der Waals surface area contributed by atoms with Crippen molar-refractivity contribution < 1.29 is 14.3 Å². The zero-order valence-corrected chi connectivity index (χ0v) is 15.1. The highest BCUT2D eigenvalue weighted by molar-refractivity contribution is 5.95. The SMILES string of the molecule is COC1CCN(C(=O)c2cccc(OCc3ccccc3)c2)C(CN)C1. The molecule has 0 bridgehead atoms. The maximum Gasteiger partial charge on any atom is 0.254 e. The van der Waals surface area contributed by atoms with Crippen molar-refractivity contribution in [1.29, 1.82) is 0 Å². The molecule has 0 aliphatic carbocycles. The molecule has 5 heteroatoms. The van der Waals surface area contributed by atoms with Gasteiger partial charge in [0, 0.05) is 31.8 Å². The van der Waals surface area contributed by atoms with E-state index in [9.17, 15) is 4.79 Å². The number of likely N-dealkylation sites (tertiary alicyclic amines) is 1. The lowest BCUT2D eigenvalue weighted by Gasteiger charge is -2.38. The van der Waals surface area contributed by atoms with Crippen molar-refractivity contribution in [2.45, 2.75) is 31.6 Å². The van der Waals surface area contributed by atoms with Crippen molar-refractivity contribution in [3.63, 3.8) is 0 Å². The lowest BCUT2D eigenvalue weighted by Crippen LogP contribution is -2.51. The molecule has 2 atom stereocenters. The number of benzene rings is 2. The molecule has 26 heavy (non-hydrogen) atoms. The van der Waals surface area contributed by atoms with Gasteiger partial charge in [-0.1, -0.05) is 36.4 Å². The summed E-state index contributed by atoms with van der Waals surface area (Å²) in [5.41, 5.74) is 7.62. The first kappa shape index (κ1) is 18.4. The molecule has 1 aliphatic rings. The van der Waals surface area contributed by atoms with Crippen molar-refractivity contribution in [1.82, 2.24) is 4.90 Å². The minimum atomic E-state index is 0.000152. The molecule has 2 N–H and O–H groups in total. The van der Waals surface area contributed by atoms with Gasteiger partial charge < -0.3 is 20.1 Å². The molecule has 3 rings (SSSR count). The van der Waals surface area contributed by atoms with Gasteiger partial charge in [-0.2, -0.15) is 0 Å². The zero-order chi connectivity index (χ0) is 18.4. The summed E-state index contributed by atoms with van der Waals surface area (Å²) in [6.45, 7) is 1.58. The topological polar surface area (TPSA) is 64.8 Å². The van der Waals surface area contributed by atoms with E-state index >= 15 is 0 Å². The van der Waals surface area contributed by atoms with E-state index in [-0.39, 0.29) is 18.1 Å². The van der Waals surface area contributed by atoms with E-state index in [4.69, 9.17) is 15.2 Å². The van der Waals surface area contributed by atoms with Crippen LogP contribution in [0.15, 0.2) is 54.6 Å². The van der Waals surface area contributed by atoms with Crippen LogP contribution in [0, 0.1) is 0 Å². The van der Waals surface area contributed by atoms with Crippen LogP contribution in [-0.4, -0.2) is 43.2 Å². The van der Waals surface area contributed by atoms with Crippen LogP contribution < -0.4 is 10.5 Å². The standard InChI is InChI=1S/C21H26N2O3/c1-25-19-10-11-23(18(13-19)14-22)21(24)17-8-5-9-20(12-17)26-15-16-6-3-2-4-7-16/h2-9,12,18-19H,10-11,13-15,22H2,1H3. The van der Waals surface area contributed by atoms with Crippen LogP contribution in [0.25, 0.3) is 0 Å². The van der Waals surface area contributed by atoms with Gasteiger partial charge >= 0.3 is 0 Å². The Morgan fingerprint density at radius 2 is 2.00 bits per heavy atom. The maximum atomic E-state index is 13.0. The van der Waals surface area contributed by atoms with Crippen LogP contribution in [-0.2, 0) is 11.3 Å². The highest BCUT2D eigenvalue weighted by Gasteiger charge is 2.31. The lowest BCUT2D eigenvalue weighted by molar-refractivity contribution is 0.0139. The first-order valence-corrected chi connectivity index (χ1v) is 9.02. The van der Waals surface area contributed by atoms with Gasteiger partial charge in [0.25, 0.3) is 5.91 Å². The van der Waals surface area contributed by atoms with Crippen molar-refractivity contribution in [3.05, 3.63) is 65.7 Å². The van der Waals surface area contributed by atoms with Gasteiger partial charge in [-0.05, 0) is 36.6 Å². The number of carbonyl (C=O) groups is 1. The van der Waals surface area contributed by atoms with E-state index < -0.39 is 0 Å². The Balaban J connectivity index is 1.67. The Labute approximate surface area is 154 Å². The second kappa shape index (κ2) is 8.83. The number of ether oxygens (including phenoxy) is 2. The minimum absolute atomic E-state index is 0.000152. The Kier molecular flexibility index (Phi) is 6.26. The summed E-state index contributed by atoms with van der Waals surface area (Å²) in [4.78, 5) is 14.8. The number of carbonyl (C=O) groups excluding carboxylic acids is 1. The van der Waals surface area contributed by atoms with Crippen molar-refractivity contribution in [3.8, 4) is 5.75 Å². The lowest BCUT2D eigenvalue weighted by atomic mass is 9.98. The number of methoxy groups -OCH3 is 1. The normalized spacial score (nSPS) is 20.0. The summed E-state index contributed by atoms with van der Waals surface area (Å²) in [5.74, 6) is 0.691. The summed E-state index contributed by atoms with van der Waals surface area (Å²) in [6, 6.07) is 17.3. The average molecular weight is 354 g/mol. The molecule has 0 aromatic heterocycles. The van der Waals surface area contributed by atoms with Gasteiger partial charge in [-0.15, -0.1) is 0 Å². The predicted octanol–water partition coefficient (Wildman–Crippen LogP) is 2.84. The third kappa shape index (κ3) is 4.42. The summed E-state index contributed by atoms with van der Waals surface area (Å²) in [5, 5.41) is 0. The fraction of sp³-hybridized carbons (Fsp3) is 0.381. The molecule has 138 valence electrons. The van der Waals surface area contributed by atoms with Crippen LogP contribution in [0.5, 0.6) is 5.75 Å². The first-order chi connectivity index (χ1) is 12.7. The highest BCUT2D eigenvalue weighted by Crippen LogP contribution is 2.23. The minimum Gasteiger partial charge on any atom is -0.489 e. The number of amides is 1. The Bertz CT molecular complexity index is 720. The number of nitrogens with zero attached hydrogens (tertiary/aromatic N) is 1. The molecule has 1 aliphatic heterocycles. The molecular formula is C21H26N2O3. The quantitative estimate of drug-likeness (QED) is 0.866. The Morgan fingerprint density at radius 3 is 2.73 bits per heavy atom. The van der Waals surface area contributed by atoms with E-state index in [0.29, 0.717) is 31.0 Å². The monoisotopic (exact) mass is 354 g/mol. The third-order valence-electron chi connectivity index (χ3n) is 4.86. The Morgan fingerprint density at radius 1 is 1.19 bits per heavy atom. The molecule has 2 aromatic carbocycles. The van der Waals surface area contributed by atoms with Crippen molar-refractivity contribution >= 4 is 5.91 Å².